The van der Waals surface area contributed by atoms with Crippen molar-refractivity contribution in [3.8, 4) is 22.3 Å². The fourth-order valence-electron chi connectivity index (χ4n) is 7.78. The number of hydrogen-bond acceptors (Lipinski definition) is 0. The van der Waals surface area contributed by atoms with Crippen LogP contribution in [0.15, 0.2) is 146 Å². The van der Waals surface area contributed by atoms with E-state index < -0.39 is 0 Å². The summed E-state index contributed by atoms with van der Waals surface area (Å²) in [5.74, 6) is 0. The third-order valence-corrected chi connectivity index (χ3v) is 10.4. The van der Waals surface area contributed by atoms with E-state index in [1.807, 2.05) is 0 Å². The van der Waals surface area contributed by atoms with Gasteiger partial charge in [-0.15, -0.1) is 69.1 Å². The predicted molar refractivity (Wildman–Crippen MR) is 238 cm³/mol. The maximum atomic E-state index is 2.42. The summed E-state index contributed by atoms with van der Waals surface area (Å²) >= 11 is 1.74. The van der Waals surface area contributed by atoms with E-state index in [1.165, 1.54) is 141 Å². The Bertz CT molecular complexity index is 2250. The second-order valence-corrected chi connectivity index (χ2v) is 24.4. The van der Waals surface area contributed by atoms with Crippen LogP contribution < -0.4 is 24.8 Å². The van der Waals surface area contributed by atoms with Crippen molar-refractivity contribution >= 4 is 48.5 Å². The topological polar surface area (TPSA) is 0 Å². The van der Waals surface area contributed by atoms with E-state index in [0.717, 1.165) is 0 Å². The van der Waals surface area contributed by atoms with E-state index in [2.05, 4.69) is 173 Å². The maximum Gasteiger partial charge on any atom is -1.00 e. The number of halogens is 2. The quantitative estimate of drug-likeness (QED) is 0.0652. The van der Waals surface area contributed by atoms with Crippen molar-refractivity contribution in [1.82, 2.24) is 0 Å². The molecule has 0 N–H and O–H groups in total. The van der Waals surface area contributed by atoms with Gasteiger partial charge in [0.15, 0.2) is 0 Å². The molecule has 8 aromatic carbocycles. The number of aryl methyl sites for hydroxylation is 2. The molecule has 0 heterocycles. The van der Waals surface area contributed by atoms with Gasteiger partial charge in [0.25, 0.3) is 0 Å². The summed E-state index contributed by atoms with van der Waals surface area (Å²) in [6, 6.07) is 53.6. The van der Waals surface area contributed by atoms with Crippen LogP contribution in [0, 0.1) is 0 Å². The molecule has 8 rings (SSSR count). The van der Waals surface area contributed by atoms with Gasteiger partial charge in [0.05, 0.1) is 0 Å². The Kier molecular flexibility index (Phi) is 18.8. The van der Waals surface area contributed by atoms with Gasteiger partial charge in [-0.2, -0.15) is 12.1 Å². The Balaban J connectivity index is 0.000000220. The molecule has 0 atom stereocenters. The van der Waals surface area contributed by atoms with Crippen LogP contribution in [0.5, 0.6) is 0 Å². The number of rotatable bonds is 12. The first kappa shape index (κ1) is 45.4. The molecular weight excluding hydrogens is 815 g/mol. The van der Waals surface area contributed by atoms with Crippen LogP contribution in [0.1, 0.15) is 76.3 Å². The summed E-state index contributed by atoms with van der Waals surface area (Å²) in [6.07, 6.45) is 13.0. The second-order valence-electron chi connectivity index (χ2n) is 15.0. The molecule has 0 unspecified atom stereocenters. The average molecular weight is 871 g/mol. The molecule has 288 valence electrons. The molecule has 0 bridgehead atoms. The fourth-order valence-corrected chi connectivity index (χ4v) is 7.78. The van der Waals surface area contributed by atoms with Crippen molar-refractivity contribution in [2.45, 2.75) is 91.1 Å². The van der Waals surface area contributed by atoms with Gasteiger partial charge in [-0.25, -0.2) is 0 Å². The summed E-state index contributed by atoms with van der Waals surface area (Å²) in [4.78, 5) is 0. The zero-order valence-electron chi connectivity index (χ0n) is 33.7. The zero-order valence-corrected chi connectivity index (χ0v) is 38.7. The second kappa shape index (κ2) is 23.2. The van der Waals surface area contributed by atoms with Crippen LogP contribution >= 0.6 is 0 Å². The Labute approximate surface area is 364 Å². The van der Waals surface area contributed by atoms with Crippen LogP contribution in [0.25, 0.3) is 65.3 Å². The van der Waals surface area contributed by atoms with Crippen molar-refractivity contribution in [2.24, 2.45) is 0 Å². The first-order valence-corrected chi connectivity index (χ1v) is 26.5. The van der Waals surface area contributed by atoms with Crippen LogP contribution in [-0.4, -0.2) is 5.43 Å². The summed E-state index contributed by atoms with van der Waals surface area (Å²) in [7, 11) is 0. The average Bonchev–Trinajstić information content (AvgIpc) is 3.82. The van der Waals surface area contributed by atoms with Crippen molar-refractivity contribution < 1.29 is 48.1 Å². The van der Waals surface area contributed by atoms with Gasteiger partial charge in [-0.1, -0.05) is 173 Å². The molecule has 0 spiro atoms. The largest absolute Gasteiger partial charge is 1.00 e. The Morgan fingerprint density at radius 1 is 0.429 bits per heavy atom. The molecule has 0 saturated carbocycles. The van der Waals surface area contributed by atoms with E-state index in [4.69, 9.17) is 0 Å². The van der Waals surface area contributed by atoms with Crippen LogP contribution in [0.2, 0.25) is 13.1 Å². The van der Waals surface area contributed by atoms with Gasteiger partial charge >= 0.3 is 41.9 Å². The van der Waals surface area contributed by atoms with E-state index in [9.17, 15) is 0 Å². The molecule has 0 radical (unpaired) electrons. The Hall–Kier alpha value is -3.26. The van der Waals surface area contributed by atoms with Gasteiger partial charge in [-0.3, -0.25) is 0 Å². The predicted octanol–water partition coefficient (Wildman–Crippen LogP) is 9.80. The SMILES string of the molecule is CCCCCCc1cc2c(-c3cccc4ccccc34)cccc2[cH-]1.CCCCCCc1cc2c(-c3cccc4ccccc34)cccc2[cH-]1.C[Si](C)=[Zr+2].[Cl-].[Cl-]. The fraction of sp³-hybridized carbons (Fsp3) is 0.269. The van der Waals surface area contributed by atoms with E-state index >= 15 is 0 Å². The molecule has 0 aromatic heterocycles. The molecule has 0 fully saturated rings. The third kappa shape index (κ3) is 11.9. The minimum atomic E-state index is 0. The Morgan fingerprint density at radius 2 is 0.768 bits per heavy atom. The van der Waals surface area contributed by atoms with Crippen molar-refractivity contribution in [3.63, 3.8) is 0 Å². The van der Waals surface area contributed by atoms with Crippen molar-refractivity contribution in [3.05, 3.63) is 157 Å². The van der Waals surface area contributed by atoms with Gasteiger partial charge in [0, 0.05) is 0 Å². The van der Waals surface area contributed by atoms with Gasteiger partial charge < -0.3 is 24.8 Å². The summed E-state index contributed by atoms with van der Waals surface area (Å²) in [6.45, 7) is 9.16. The van der Waals surface area contributed by atoms with E-state index in [0.29, 0.717) is 0 Å². The molecule has 0 aliphatic carbocycles. The molecule has 4 heteroatoms. The number of fused-ring (bicyclic) bond motifs is 4. The van der Waals surface area contributed by atoms with Crippen molar-refractivity contribution in [2.75, 3.05) is 0 Å². The molecule has 0 nitrogen and oxygen atoms in total. The summed E-state index contributed by atoms with van der Waals surface area (Å²) < 4.78 is 0. The van der Waals surface area contributed by atoms with Crippen LogP contribution in [0.3, 0.4) is 0 Å². The minimum Gasteiger partial charge on any atom is -1.00 e. The van der Waals surface area contributed by atoms with Crippen LogP contribution in [-0.2, 0) is 36.2 Å². The van der Waals surface area contributed by atoms with Gasteiger partial charge in [-0.05, 0) is 45.5 Å². The van der Waals surface area contributed by atoms with Crippen LogP contribution in [0.4, 0.5) is 0 Å². The standard InChI is InChI=1S/2C25H25.C2H6Si.2ClH.Zr/c2*1-2-3-4-5-10-19-17-21-13-9-16-24(25(21)18-19)23-15-8-12-20-11-6-7-14-22(20)23;1-3-2;;;/h2*6-9,11-18H,2-5,10H2,1H3;1-2H3;2*1H;/q2*-1;;;;+2/p-2. The molecule has 0 aliphatic heterocycles. The normalized spacial score (nSPS) is 10.7. The summed E-state index contributed by atoms with van der Waals surface area (Å²) in [5.41, 5.74) is 8.57. The third-order valence-electron chi connectivity index (χ3n) is 10.4. The van der Waals surface area contributed by atoms with E-state index in [1.54, 1.807) is 23.3 Å². The molecule has 0 saturated heterocycles. The van der Waals surface area contributed by atoms with Gasteiger partial charge in [0.2, 0.25) is 0 Å². The van der Waals surface area contributed by atoms with E-state index in [-0.39, 0.29) is 30.2 Å². The molecule has 0 aliphatic rings. The smallest absolute Gasteiger partial charge is 1.00 e. The first-order valence-electron chi connectivity index (χ1n) is 20.3. The molecule has 8 aromatic rings. The van der Waals surface area contributed by atoms with Gasteiger partial charge in [0.1, 0.15) is 0 Å². The zero-order chi connectivity index (χ0) is 37.7. The molecule has 0 amide bonds. The maximum absolute atomic E-state index is 2.42. The Morgan fingerprint density at radius 3 is 1.16 bits per heavy atom. The molecule has 56 heavy (non-hydrogen) atoms. The summed E-state index contributed by atoms with van der Waals surface area (Å²) in [5, 5.41) is 10.8. The monoisotopic (exact) mass is 868 g/mol. The first-order chi connectivity index (χ1) is 26.5. The number of hydrogen-bond donors (Lipinski definition) is 0. The van der Waals surface area contributed by atoms with Crippen molar-refractivity contribution in [1.29, 1.82) is 0 Å². The number of benzene rings is 6. The number of unbranched alkanes of at least 4 members (excludes halogenated alkanes) is 6. The minimum absolute atomic E-state index is 0. The molecular formula is C52H56Cl2SiZr-2.